The first-order valence-corrected chi connectivity index (χ1v) is 11.4. The standard InChI is InChI=1S/C26H44O/c1-8-9-10-11-12-13-17-23(24(2,3)4)25(5,6)27-22-16-14-15-21(20-22)26(7)18-19-26/h14-16,20,23H,8-13,17-19H2,1-7H3. The van der Waals surface area contributed by atoms with Crippen LogP contribution in [0.5, 0.6) is 5.75 Å². The quantitative estimate of drug-likeness (QED) is 0.355. The van der Waals surface area contributed by atoms with Crippen molar-refractivity contribution in [3.63, 3.8) is 0 Å². The first-order valence-electron chi connectivity index (χ1n) is 11.4. The van der Waals surface area contributed by atoms with Gasteiger partial charge in [-0.1, -0.05) is 85.3 Å². The van der Waals surface area contributed by atoms with E-state index in [0.717, 1.165) is 5.75 Å². The summed E-state index contributed by atoms with van der Waals surface area (Å²) < 4.78 is 6.65. The summed E-state index contributed by atoms with van der Waals surface area (Å²) in [5.41, 5.74) is 1.92. The molecule has 0 heterocycles. The van der Waals surface area contributed by atoms with E-state index in [-0.39, 0.29) is 11.0 Å². The lowest BCUT2D eigenvalue weighted by atomic mass is 9.69. The van der Waals surface area contributed by atoms with Crippen molar-refractivity contribution in [3.05, 3.63) is 29.8 Å². The lowest BCUT2D eigenvalue weighted by Crippen LogP contribution is -2.44. The maximum atomic E-state index is 6.65. The van der Waals surface area contributed by atoms with Gasteiger partial charge in [-0.3, -0.25) is 0 Å². The maximum absolute atomic E-state index is 6.65. The molecule has 154 valence electrons. The van der Waals surface area contributed by atoms with E-state index in [2.05, 4.69) is 72.7 Å². The van der Waals surface area contributed by atoms with Gasteiger partial charge < -0.3 is 4.74 Å². The van der Waals surface area contributed by atoms with Crippen LogP contribution in [0.15, 0.2) is 24.3 Å². The number of benzene rings is 1. The highest BCUT2D eigenvalue weighted by Crippen LogP contribution is 2.48. The molecule has 1 aliphatic carbocycles. The van der Waals surface area contributed by atoms with Gasteiger partial charge in [-0.05, 0) is 61.6 Å². The zero-order valence-electron chi connectivity index (χ0n) is 19.2. The zero-order chi connectivity index (χ0) is 20.1. The van der Waals surface area contributed by atoms with Crippen LogP contribution in [-0.4, -0.2) is 5.60 Å². The Balaban J connectivity index is 2.00. The third-order valence-electron chi connectivity index (χ3n) is 6.64. The number of ether oxygens (including phenoxy) is 1. The second-order valence-electron chi connectivity index (χ2n) is 10.8. The molecule has 0 radical (unpaired) electrons. The fraction of sp³-hybridized carbons (Fsp3) is 0.769. The van der Waals surface area contributed by atoms with Gasteiger partial charge in [0, 0.05) is 5.92 Å². The molecule has 0 saturated heterocycles. The molecule has 1 aromatic carbocycles. The number of rotatable bonds is 11. The third kappa shape index (κ3) is 6.54. The minimum atomic E-state index is -0.162. The summed E-state index contributed by atoms with van der Waals surface area (Å²) in [7, 11) is 0. The van der Waals surface area contributed by atoms with Gasteiger partial charge in [0.1, 0.15) is 11.4 Å². The molecular weight excluding hydrogens is 328 g/mol. The molecule has 1 unspecified atom stereocenters. The second-order valence-corrected chi connectivity index (χ2v) is 10.8. The molecule has 0 bridgehead atoms. The molecule has 1 saturated carbocycles. The van der Waals surface area contributed by atoms with E-state index in [4.69, 9.17) is 4.74 Å². The van der Waals surface area contributed by atoms with E-state index in [0.29, 0.717) is 11.3 Å². The first kappa shape index (κ1) is 22.3. The van der Waals surface area contributed by atoms with E-state index in [9.17, 15) is 0 Å². The Morgan fingerprint density at radius 2 is 1.59 bits per heavy atom. The van der Waals surface area contributed by atoms with Crippen molar-refractivity contribution >= 4 is 0 Å². The van der Waals surface area contributed by atoms with Crippen LogP contribution in [0.4, 0.5) is 0 Å². The molecule has 0 amide bonds. The van der Waals surface area contributed by atoms with Crippen LogP contribution in [0, 0.1) is 11.3 Å². The van der Waals surface area contributed by atoms with E-state index in [1.807, 2.05) is 0 Å². The highest BCUT2D eigenvalue weighted by Gasteiger charge is 2.41. The number of hydrogen-bond acceptors (Lipinski definition) is 1. The van der Waals surface area contributed by atoms with Crippen LogP contribution in [0.2, 0.25) is 0 Å². The average Bonchev–Trinajstić information content (AvgIpc) is 3.31. The minimum absolute atomic E-state index is 0.162. The summed E-state index contributed by atoms with van der Waals surface area (Å²) >= 11 is 0. The Labute approximate surface area is 169 Å². The van der Waals surface area contributed by atoms with Crippen molar-refractivity contribution in [3.8, 4) is 5.75 Å². The summed E-state index contributed by atoms with van der Waals surface area (Å²) in [6.45, 7) is 16.4. The highest BCUT2D eigenvalue weighted by molar-refractivity contribution is 5.37. The van der Waals surface area contributed by atoms with Gasteiger partial charge in [-0.2, -0.15) is 0 Å². The monoisotopic (exact) mass is 372 g/mol. The van der Waals surface area contributed by atoms with Crippen LogP contribution in [0.1, 0.15) is 112 Å². The highest BCUT2D eigenvalue weighted by atomic mass is 16.5. The van der Waals surface area contributed by atoms with E-state index in [1.54, 1.807) is 0 Å². The Morgan fingerprint density at radius 3 is 2.19 bits per heavy atom. The van der Waals surface area contributed by atoms with Crippen LogP contribution < -0.4 is 4.74 Å². The molecule has 0 aliphatic heterocycles. The molecule has 1 atom stereocenters. The molecule has 1 nitrogen and oxygen atoms in total. The lowest BCUT2D eigenvalue weighted by molar-refractivity contribution is -0.0168. The Bertz CT molecular complexity index is 574. The van der Waals surface area contributed by atoms with Crippen molar-refractivity contribution in [2.24, 2.45) is 11.3 Å². The van der Waals surface area contributed by atoms with Gasteiger partial charge in [-0.15, -0.1) is 0 Å². The summed E-state index contributed by atoms with van der Waals surface area (Å²) in [5.74, 6) is 1.58. The third-order valence-corrected chi connectivity index (χ3v) is 6.64. The Hall–Kier alpha value is -0.980. The number of hydrogen-bond donors (Lipinski definition) is 0. The van der Waals surface area contributed by atoms with Crippen LogP contribution in [0.3, 0.4) is 0 Å². The summed E-state index contributed by atoms with van der Waals surface area (Å²) in [6.07, 6.45) is 12.0. The zero-order valence-corrected chi connectivity index (χ0v) is 19.2. The summed E-state index contributed by atoms with van der Waals surface area (Å²) in [4.78, 5) is 0. The second kappa shape index (κ2) is 9.01. The van der Waals surface area contributed by atoms with E-state index < -0.39 is 0 Å². The van der Waals surface area contributed by atoms with Crippen molar-refractivity contribution in [2.75, 3.05) is 0 Å². The van der Waals surface area contributed by atoms with E-state index >= 15 is 0 Å². The molecular formula is C26H44O. The molecule has 0 spiro atoms. The number of unbranched alkanes of at least 4 members (excludes halogenated alkanes) is 5. The fourth-order valence-corrected chi connectivity index (χ4v) is 4.74. The van der Waals surface area contributed by atoms with Crippen molar-refractivity contribution in [1.82, 2.24) is 0 Å². The summed E-state index contributed by atoms with van der Waals surface area (Å²) in [5, 5.41) is 0. The SMILES string of the molecule is CCCCCCCCC(C(C)(C)C)C(C)(C)Oc1cccc(C2(C)CC2)c1. The smallest absolute Gasteiger partial charge is 0.120 e. The molecule has 1 heteroatoms. The van der Waals surface area contributed by atoms with Gasteiger partial charge in [0.05, 0.1) is 0 Å². The topological polar surface area (TPSA) is 9.23 Å². The average molecular weight is 373 g/mol. The Morgan fingerprint density at radius 1 is 0.963 bits per heavy atom. The van der Waals surface area contributed by atoms with Gasteiger partial charge in [0.25, 0.3) is 0 Å². The largest absolute Gasteiger partial charge is 0.488 e. The van der Waals surface area contributed by atoms with Gasteiger partial charge >= 0.3 is 0 Å². The minimum Gasteiger partial charge on any atom is -0.488 e. The molecule has 1 aromatic rings. The van der Waals surface area contributed by atoms with Crippen molar-refractivity contribution in [2.45, 2.75) is 117 Å². The molecule has 0 aromatic heterocycles. The fourth-order valence-electron chi connectivity index (χ4n) is 4.74. The van der Waals surface area contributed by atoms with Crippen LogP contribution in [0.25, 0.3) is 0 Å². The predicted octanol–water partition coefficient (Wildman–Crippen LogP) is 8.31. The molecule has 1 fully saturated rings. The summed E-state index contributed by atoms with van der Waals surface area (Å²) in [6, 6.07) is 8.87. The lowest BCUT2D eigenvalue weighted by Gasteiger charge is -2.43. The first-order chi connectivity index (χ1) is 12.6. The van der Waals surface area contributed by atoms with Gasteiger partial charge in [-0.25, -0.2) is 0 Å². The normalized spacial score (nSPS) is 17.6. The van der Waals surface area contributed by atoms with E-state index in [1.165, 1.54) is 63.4 Å². The molecule has 1 aliphatic rings. The van der Waals surface area contributed by atoms with Gasteiger partial charge in [0.2, 0.25) is 0 Å². The van der Waals surface area contributed by atoms with Crippen molar-refractivity contribution < 1.29 is 4.74 Å². The van der Waals surface area contributed by atoms with Crippen molar-refractivity contribution in [1.29, 1.82) is 0 Å². The van der Waals surface area contributed by atoms with Crippen LogP contribution >= 0.6 is 0 Å². The molecule has 27 heavy (non-hydrogen) atoms. The molecule has 2 rings (SSSR count). The van der Waals surface area contributed by atoms with Crippen LogP contribution in [-0.2, 0) is 5.41 Å². The maximum Gasteiger partial charge on any atom is 0.120 e. The van der Waals surface area contributed by atoms with Gasteiger partial charge in [0.15, 0.2) is 0 Å². The Kier molecular flexibility index (Phi) is 7.45. The molecule has 0 N–H and O–H groups in total. The predicted molar refractivity (Wildman–Crippen MR) is 119 cm³/mol.